The van der Waals surface area contributed by atoms with E-state index in [4.69, 9.17) is 0 Å². The smallest absolute Gasteiger partial charge is 0.332 e. The molecule has 0 aliphatic heterocycles. The van der Waals surface area contributed by atoms with Crippen molar-refractivity contribution in [3.63, 3.8) is 0 Å². The zero-order valence-electron chi connectivity index (χ0n) is 14.9. The molecule has 0 spiro atoms. The van der Waals surface area contributed by atoms with Crippen molar-refractivity contribution in [3.05, 3.63) is 46.9 Å². The van der Waals surface area contributed by atoms with Crippen LogP contribution in [0, 0.1) is 5.82 Å². The number of fused-ring (bicyclic) bond motifs is 2. The van der Waals surface area contributed by atoms with Crippen molar-refractivity contribution in [2.75, 3.05) is 5.32 Å². The minimum Gasteiger partial charge on any atom is -0.359 e. The first-order valence-corrected chi connectivity index (χ1v) is 10.2. The Morgan fingerprint density at radius 3 is 2.50 bits per heavy atom. The summed E-state index contributed by atoms with van der Waals surface area (Å²) < 4.78 is 17.9. The summed E-state index contributed by atoms with van der Waals surface area (Å²) in [6.45, 7) is 0. The topological polar surface area (TPSA) is 77.6 Å². The molecule has 2 aliphatic rings. The van der Waals surface area contributed by atoms with Gasteiger partial charge in [0.05, 0.1) is 10.2 Å². The van der Waals surface area contributed by atoms with E-state index in [-0.39, 0.29) is 29.6 Å². The van der Waals surface area contributed by atoms with E-state index < -0.39 is 0 Å². The highest BCUT2D eigenvalue weighted by atomic mass is 32.1. The van der Waals surface area contributed by atoms with Gasteiger partial charge in [-0.25, -0.2) is 24.1 Å². The van der Waals surface area contributed by atoms with Crippen LogP contribution in [0.3, 0.4) is 0 Å². The highest BCUT2D eigenvalue weighted by Gasteiger charge is 2.37. The van der Waals surface area contributed by atoms with Gasteiger partial charge >= 0.3 is 5.69 Å². The van der Waals surface area contributed by atoms with Crippen molar-refractivity contribution in [1.82, 2.24) is 24.1 Å². The van der Waals surface area contributed by atoms with E-state index >= 15 is 0 Å². The Morgan fingerprint density at radius 1 is 1.07 bits per heavy atom. The van der Waals surface area contributed by atoms with Gasteiger partial charge in [0.2, 0.25) is 0 Å². The van der Waals surface area contributed by atoms with Crippen LogP contribution in [-0.2, 0) is 0 Å². The van der Waals surface area contributed by atoms with Crippen LogP contribution >= 0.6 is 11.3 Å². The van der Waals surface area contributed by atoms with E-state index in [9.17, 15) is 9.18 Å². The lowest BCUT2D eigenvalue weighted by molar-refractivity contribution is 0.280. The molecule has 6 rings (SSSR count). The lowest BCUT2D eigenvalue weighted by Gasteiger charge is -2.36. The average Bonchev–Trinajstić information content (AvgIpc) is 3.33. The minimum atomic E-state index is -0.277. The number of nitrogens with zero attached hydrogens (tertiary/aromatic N) is 5. The van der Waals surface area contributed by atoms with E-state index in [0.717, 1.165) is 35.5 Å². The third-order valence-electron chi connectivity index (χ3n) is 5.60. The number of rotatable bonds is 4. The second kappa shape index (κ2) is 5.84. The summed E-state index contributed by atoms with van der Waals surface area (Å²) >= 11 is 1.52. The summed E-state index contributed by atoms with van der Waals surface area (Å²) in [5.41, 5.74) is 2.04. The molecule has 0 bridgehead atoms. The minimum absolute atomic E-state index is 0.00242. The Labute approximate surface area is 162 Å². The van der Waals surface area contributed by atoms with E-state index in [1.807, 2.05) is 9.13 Å². The van der Waals surface area contributed by atoms with Gasteiger partial charge in [0.15, 0.2) is 16.4 Å². The van der Waals surface area contributed by atoms with Crippen LogP contribution in [0.25, 0.3) is 21.5 Å². The number of aromatic nitrogens is 5. The maximum Gasteiger partial charge on any atom is 0.332 e. The number of benzene rings is 1. The summed E-state index contributed by atoms with van der Waals surface area (Å²) in [4.78, 5) is 26.3. The molecule has 2 saturated carbocycles. The normalized spacial score (nSPS) is 21.9. The summed E-state index contributed by atoms with van der Waals surface area (Å²) in [5.74, 6) is -0.277. The first-order valence-electron chi connectivity index (χ1n) is 9.43. The molecule has 0 atom stereocenters. The van der Waals surface area contributed by atoms with Crippen molar-refractivity contribution in [2.45, 2.75) is 43.8 Å². The lowest BCUT2D eigenvalue weighted by Crippen LogP contribution is -2.41. The average molecular weight is 396 g/mol. The third-order valence-corrected chi connectivity index (χ3v) is 6.56. The van der Waals surface area contributed by atoms with Crippen LogP contribution in [0.15, 0.2) is 35.4 Å². The van der Waals surface area contributed by atoms with Gasteiger partial charge in [-0.3, -0.25) is 9.13 Å². The van der Waals surface area contributed by atoms with Crippen molar-refractivity contribution in [2.24, 2.45) is 0 Å². The summed E-state index contributed by atoms with van der Waals surface area (Å²) in [6.07, 6.45) is 7.00. The molecule has 0 saturated heterocycles. The standard InChI is InChI=1S/C19H17FN6OS/c20-10-1-4-15-14(7-10)24-18(28-15)23-11-8-13(9-11)26-17-16(21-5-6-22-17)25(19(26)27)12-2-3-12/h1,4-7,11-13H,2-3,8-9H2,(H,23,24)/t11-,13-. The molecule has 4 aromatic rings. The maximum atomic E-state index is 13.4. The quantitative estimate of drug-likeness (QED) is 0.571. The fraction of sp³-hybridized carbons (Fsp3) is 0.368. The Morgan fingerprint density at radius 2 is 1.79 bits per heavy atom. The fourth-order valence-electron chi connectivity index (χ4n) is 4.00. The van der Waals surface area contributed by atoms with Crippen LogP contribution in [0.4, 0.5) is 9.52 Å². The van der Waals surface area contributed by atoms with Crippen molar-refractivity contribution in [3.8, 4) is 0 Å². The third kappa shape index (κ3) is 2.46. The molecule has 3 heterocycles. The second-order valence-electron chi connectivity index (χ2n) is 7.55. The highest BCUT2D eigenvalue weighted by molar-refractivity contribution is 7.22. The number of nitrogens with one attached hydrogen (secondary N) is 1. The molecule has 0 amide bonds. The lowest BCUT2D eigenvalue weighted by atomic mass is 9.86. The molecular weight excluding hydrogens is 379 g/mol. The van der Waals surface area contributed by atoms with Gasteiger partial charge in [0, 0.05) is 36.6 Å². The van der Waals surface area contributed by atoms with Gasteiger partial charge in [-0.15, -0.1) is 0 Å². The first kappa shape index (κ1) is 16.2. The number of hydrogen-bond donors (Lipinski definition) is 1. The number of thiazole rings is 1. The molecular formula is C19H17FN6OS. The summed E-state index contributed by atoms with van der Waals surface area (Å²) in [6, 6.07) is 5.26. The van der Waals surface area contributed by atoms with Crippen LogP contribution in [0.2, 0.25) is 0 Å². The van der Waals surface area contributed by atoms with Crippen molar-refractivity contribution >= 4 is 38.0 Å². The van der Waals surface area contributed by atoms with E-state index in [2.05, 4.69) is 20.3 Å². The Hall–Kier alpha value is -2.81. The number of imidazole rings is 1. The molecule has 2 fully saturated rings. The predicted octanol–water partition coefficient (Wildman–Crippen LogP) is 3.49. The highest BCUT2D eigenvalue weighted by Crippen LogP contribution is 2.39. The van der Waals surface area contributed by atoms with Crippen molar-refractivity contribution < 1.29 is 4.39 Å². The Kier molecular flexibility index (Phi) is 3.37. The monoisotopic (exact) mass is 396 g/mol. The summed E-state index contributed by atoms with van der Waals surface area (Å²) in [7, 11) is 0. The number of halogens is 1. The molecule has 0 radical (unpaired) electrons. The molecule has 28 heavy (non-hydrogen) atoms. The van der Waals surface area contributed by atoms with Gasteiger partial charge in [0.1, 0.15) is 5.82 Å². The molecule has 1 N–H and O–H groups in total. The molecule has 0 unspecified atom stereocenters. The van der Waals surface area contributed by atoms with E-state index in [1.54, 1.807) is 18.5 Å². The predicted molar refractivity (Wildman–Crippen MR) is 105 cm³/mol. The van der Waals surface area contributed by atoms with Crippen LogP contribution in [0.1, 0.15) is 37.8 Å². The maximum absolute atomic E-state index is 13.4. The van der Waals surface area contributed by atoms with E-state index in [1.165, 1.54) is 23.5 Å². The zero-order valence-corrected chi connectivity index (χ0v) is 15.7. The number of hydrogen-bond acceptors (Lipinski definition) is 6. The van der Waals surface area contributed by atoms with Gasteiger partial charge in [-0.2, -0.15) is 0 Å². The van der Waals surface area contributed by atoms with Crippen molar-refractivity contribution in [1.29, 1.82) is 0 Å². The largest absolute Gasteiger partial charge is 0.359 e. The molecule has 2 aliphatic carbocycles. The van der Waals surface area contributed by atoms with Gasteiger partial charge in [-0.05, 0) is 37.8 Å². The Balaban J connectivity index is 1.25. The van der Waals surface area contributed by atoms with Crippen LogP contribution in [-0.4, -0.2) is 30.1 Å². The fourth-order valence-corrected chi connectivity index (χ4v) is 4.93. The zero-order chi connectivity index (χ0) is 18.8. The molecule has 3 aromatic heterocycles. The SMILES string of the molecule is O=c1n(C2CC2)c2nccnc2n1[C@H]1C[C@H](Nc2nc3cc(F)ccc3s2)C1. The van der Waals surface area contributed by atoms with Gasteiger partial charge in [-0.1, -0.05) is 11.3 Å². The molecule has 7 nitrogen and oxygen atoms in total. The molecule has 142 valence electrons. The molecule has 1 aromatic carbocycles. The van der Waals surface area contributed by atoms with Crippen LogP contribution < -0.4 is 11.0 Å². The van der Waals surface area contributed by atoms with Crippen LogP contribution in [0.5, 0.6) is 0 Å². The molecule has 9 heteroatoms. The van der Waals surface area contributed by atoms with E-state index in [0.29, 0.717) is 16.8 Å². The first-order chi connectivity index (χ1) is 13.7. The second-order valence-corrected chi connectivity index (χ2v) is 8.59. The Bertz CT molecular complexity index is 1270. The summed E-state index contributed by atoms with van der Waals surface area (Å²) in [5, 5.41) is 4.21. The number of anilines is 1. The van der Waals surface area contributed by atoms with Gasteiger partial charge in [0.25, 0.3) is 0 Å². The van der Waals surface area contributed by atoms with Gasteiger partial charge < -0.3 is 5.32 Å².